The summed E-state index contributed by atoms with van der Waals surface area (Å²) < 4.78 is 0. The van der Waals surface area contributed by atoms with Crippen molar-refractivity contribution in [1.29, 1.82) is 0 Å². The van der Waals surface area contributed by atoms with Crippen molar-refractivity contribution in [2.75, 3.05) is 24.6 Å². The highest BCUT2D eigenvalue weighted by molar-refractivity contribution is 5.32. The third-order valence-electron chi connectivity index (χ3n) is 3.78. The maximum atomic E-state index is 9.02. The molecule has 1 heterocycles. The molecule has 5 nitrogen and oxygen atoms in total. The third kappa shape index (κ3) is 4.15. The summed E-state index contributed by atoms with van der Waals surface area (Å²) in [6, 6.07) is 0.561. The molecule has 1 saturated carbocycles. The van der Waals surface area contributed by atoms with Crippen molar-refractivity contribution in [1.82, 2.24) is 15.3 Å². The molecule has 1 aliphatic rings. The van der Waals surface area contributed by atoms with Crippen LogP contribution in [0.1, 0.15) is 44.6 Å². The molecule has 0 atom stereocenters. The van der Waals surface area contributed by atoms with E-state index in [-0.39, 0.29) is 6.61 Å². The summed E-state index contributed by atoms with van der Waals surface area (Å²) in [5.41, 5.74) is 1.12. The van der Waals surface area contributed by atoms with Crippen LogP contribution in [-0.4, -0.2) is 40.8 Å². The molecule has 0 radical (unpaired) electrons. The van der Waals surface area contributed by atoms with Gasteiger partial charge in [-0.05, 0) is 38.6 Å². The van der Waals surface area contributed by atoms with E-state index < -0.39 is 0 Å². The molecule has 0 saturated heterocycles. The van der Waals surface area contributed by atoms with E-state index in [2.05, 4.69) is 27.1 Å². The van der Waals surface area contributed by atoms with Crippen molar-refractivity contribution in [3.8, 4) is 0 Å². The lowest BCUT2D eigenvalue weighted by Gasteiger charge is -2.37. The fourth-order valence-electron chi connectivity index (χ4n) is 2.38. The molecule has 112 valence electrons. The maximum absolute atomic E-state index is 9.02. The predicted molar refractivity (Wildman–Crippen MR) is 80.7 cm³/mol. The molecule has 2 rings (SSSR count). The molecule has 2 N–H and O–H groups in total. The Morgan fingerprint density at radius 2 is 2.10 bits per heavy atom. The van der Waals surface area contributed by atoms with E-state index in [1.165, 1.54) is 19.3 Å². The first-order chi connectivity index (χ1) is 9.85. The van der Waals surface area contributed by atoms with Crippen LogP contribution >= 0.6 is 0 Å². The van der Waals surface area contributed by atoms with Gasteiger partial charge in [-0.1, -0.05) is 6.92 Å². The first-order valence-corrected chi connectivity index (χ1v) is 7.74. The van der Waals surface area contributed by atoms with Gasteiger partial charge in [0.15, 0.2) is 0 Å². The summed E-state index contributed by atoms with van der Waals surface area (Å²) in [5, 5.41) is 12.4. The van der Waals surface area contributed by atoms with Gasteiger partial charge in [0, 0.05) is 43.7 Å². The summed E-state index contributed by atoms with van der Waals surface area (Å²) in [6.45, 7) is 5.07. The second kappa shape index (κ2) is 8.17. The number of aliphatic hydroxyl groups is 1. The van der Waals surface area contributed by atoms with Gasteiger partial charge in [-0.3, -0.25) is 0 Å². The predicted octanol–water partition coefficient (Wildman–Crippen LogP) is 1.72. The lowest BCUT2D eigenvalue weighted by Crippen LogP contribution is -2.42. The van der Waals surface area contributed by atoms with Crippen molar-refractivity contribution >= 4 is 5.95 Å². The summed E-state index contributed by atoms with van der Waals surface area (Å²) in [7, 11) is 0. The minimum Gasteiger partial charge on any atom is -0.396 e. The van der Waals surface area contributed by atoms with Crippen molar-refractivity contribution in [3.05, 3.63) is 18.0 Å². The molecular formula is C15H26N4O. The quantitative estimate of drug-likeness (QED) is 0.674. The molecular weight excluding hydrogens is 252 g/mol. The number of aliphatic hydroxyl groups excluding tert-OH is 1. The highest BCUT2D eigenvalue weighted by Crippen LogP contribution is 2.27. The van der Waals surface area contributed by atoms with Gasteiger partial charge in [-0.15, -0.1) is 0 Å². The van der Waals surface area contributed by atoms with E-state index in [9.17, 15) is 0 Å². The lowest BCUT2D eigenvalue weighted by molar-refractivity contribution is 0.282. The molecule has 1 fully saturated rings. The van der Waals surface area contributed by atoms with Gasteiger partial charge in [0.05, 0.1) is 0 Å². The molecule has 1 aromatic rings. The molecule has 0 bridgehead atoms. The fraction of sp³-hybridized carbons (Fsp3) is 0.733. The monoisotopic (exact) mass is 278 g/mol. The molecule has 0 amide bonds. The maximum Gasteiger partial charge on any atom is 0.225 e. The number of rotatable bonds is 9. The highest BCUT2D eigenvalue weighted by atomic mass is 16.3. The Bertz CT molecular complexity index is 378. The highest BCUT2D eigenvalue weighted by Gasteiger charge is 2.26. The summed E-state index contributed by atoms with van der Waals surface area (Å²) in [5.74, 6) is 0.808. The van der Waals surface area contributed by atoms with E-state index in [1.807, 2.05) is 12.4 Å². The van der Waals surface area contributed by atoms with E-state index in [0.717, 1.165) is 44.0 Å². The molecule has 0 aromatic carbocycles. The van der Waals surface area contributed by atoms with Crippen molar-refractivity contribution in [3.63, 3.8) is 0 Å². The van der Waals surface area contributed by atoms with Crippen LogP contribution in [-0.2, 0) is 6.54 Å². The minimum atomic E-state index is 0.224. The normalized spacial score (nSPS) is 15.1. The standard InChI is InChI=1S/C15H26N4O/c1-2-7-16-10-13-11-17-15(18-12-13)19(8-4-9-20)14-5-3-6-14/h11-12,14,16,20H,2-10H2,1H3. The minimum absolute atomic E-state index is 0.224. The molecule has 0 unspecified atom stereocenters. The first-order valence-electron chi connectivity index (χ1n) is 7.74. The molecule has 0 aliphatic heterocycles. The Kier molecular flexibility index (Phi) is 6.21. The van der Waals surface area contributed by atoms with Gasteiger partial charge in [0.25, 0.3) is 0 Å². The van der Waals surface area contributed by atoms with E-state index in [1.54, 1.807) is 0 Å². The van der Waals surface area contributed by atoms with E-state index >= 15 is 0 Å². The molecule has 5 heteroatoms. The van der Waals surface area contributed by atoms with Gasteiger partial charge in [0.1, 0.15) is 0 Å². The lowest BCUT2D eigenvalue weighted by atomic mass is 9.91. The molecule has 1 aromatic heterocycles. The second-order valence-corrected chi connectivity index (χ2v) is 5.42. The van der Waals surface area contributed by atoms with Crippen LogP contribution < -0.4 is 10.2 Å². The number of anilines is 1. The second-order valence-electron chi connectivity index (χ2n) is 5.42. The Morgan fingerprint density at radius 1 is 1.35 bits per heavy atom. The smallest absolute Gasteiger partial charge is 0.225 e. The number of hydrogen-bond donors (Lipinski definition) is 2. The molecule has 20 heavy (non-hydrogen) atoms. The topological polar surface area (TPSA) is 61.3 Å². The van der Waals surface area contributed by atoms with Crippen molar-refractivity contribution in [2.45, 2.75) is 51.6 Å². The van der Waals surface area contributed by atoms with Gasteiger partial charge in [0.2, 0.25) is 5.95 Å². The van der Waals surface area contributed by atoms with E-state index in [4.69, 9.17) is 5.11 Å². The van der Waals surface area contributed by atoms with Crippen LogP contribution in [0.5, 0.6) is 0 Å². The van der Waals surface area contributed by atoms with Crippen LogP contribution in [0.3, 0.4) is 0 Å². The van der Waals surface area contributed by atoms with Crippen molar-refractivity contribution in [2.24, 2.45) is 0 Å². The van der Waals surface area contributed by atoms with Crippen LogP contribution in [0.25, 0.3) is 0 Å². The van der Waals surface area contributed by atoms with Crippen molar-refractivity contribution < 1.29 is 5.11 Å². The Balaban J connectivity index is 1.94. The SMILES string of the molecule is CCCNCc1cnc(N(CCCO)C2CCC2)nc1. The first kappa shape index (κ1) is 15.2. The number of aromatic nitrogens is 2. The average Bonchev–Trinajstić information content (AvgIpc) is 2.42. The zero-order valence-corrected chi connectivity index (χ0v) is 12.4. The van der Waals surface area contributed by atoms with Crippen LogP contribution in [0.2, 0.25) is 0 Å². The number of nitrogens with one attached hydrogen (secondary N) is 1. The molecule has 0 spiro atoms. The van der Waals surface area contributed by atoms with Gasteiger partial charge < -0.3 is 15.3 Å². The van der Waals surface area contributed by atoms with E-state index in [0.29, 0.717) is 6.04 Å². The van der Waals surface area contributed by atoms with Gasteiger partial charge in [-0.25, -0.2) is 9.97 Å². The summed E-state index contributed by atoms with van der Waals surface area (Å²) in [4.78, 5) is 11.3. The van der Waals surface area contributed by atoms with Crippen LogP contribution in [0.4, 0.5) is 5.95 Å². The molecule has 1 aliphatic carbocycles. The van der Waals surface area contributed by atoms with Gasteiger partial charge in [-0.2, -0.15) is 0 Å². The zero-order chi connectivity index (χ0) is 14.2. The Labute approximate surface area is 121 Å². The summed E-state index contributed by atoms with van der Waals surface area (Å²) >= 11 is 0. The third-order valence-corrected chi connectivity index (χ3v) is 3.78. The fourth-order valence-corrected chi connectivity index (χ4v) is 2.38. The zero-order valence-electron chi connectivity index (χ0n) is 12.4. The van der Waals surface area contributed by atoms with Crippen LogP contribution in [0.15, 0.2) is 12.4 Å². The van der Waals surface area contributed by atoms with Crippen LogP contribution in [0, 0.1) is 0 Å². The number of nitrogens with zero attached hydrogens (tertiary/aromatic N) is 3. The average molecular weight is 278 g/mol. The Hall–Kier alpha value is -1.20. The van der Waals surface area contributed by atoms with Gasteiger partial charge >= 0.3 is 0 Å². The largest absolute Gasteiger partial charge is 0.396 e. The Morgan fingerprint density at radius 3 is 2.65 bits per heavy atom. The number of hydrogen-bond acceptors (Lipinski definition) is 5. The summed E-state index contributed by atoms with van der Waals surface area (Å²) in [6.07, 6.45) is 9.46.